The number of nitrogens with one attached hydrogen (secondary N) is 1. The van der Waals surface area contributed by atoms with Gasteiger partial charge in [0.2, 0.25) is 5.91 Å². The third-order valence-corrected chi connectivity index (χ3v) is 4.21. The molecule has 1 aromatic carbocycles. The third kappa shape index (κ3) is 2.64. The lowest BCUT2D eigenvalue weighted by Crippen LogP contribution is -2.25. The molecule has 0 unspecified atom stereocenters. The molecule has 1 aromatic heterocycles. The fraction of sp³-hybridized carbons (Fsp3) is 0.333. The van der Waals surface area contributed by atoms with Crippen LogP contribution in [0.1, 0.15) is 29.2 Å². The lowest BCUT2D eigenvalue weighted by atomic mass is 9.85. The van der Waals surface area contributed by atoms with Crippen LogP contribution in [-0.4, -0.2) is 29.4 Å². The number of carbonyl (C=O) groups excluding carboxylic acids is 1. The van der Waals surface area contributed by atoms with Gasteiger partial charge in [-0.15, -0.1) is 0 Å². The van der Waals surface area contributed by atoms with Gasteiger partial charge in [-0.25, -0.2) is 0 Å². The quantitative estimate of drug-likeness (QED) is 0.858. The molecule has 1 N–H and O–H groups in total. The number of rotatable bonds is 5. The number of nitrogens with zero attached hydrogens (tertiary/aromatic N) is 2. The number of para-hydroxylation sites is 1. The molecule has 0 aliphatic carbocycles. The Balaban J connectivity index is 2.16. The van der Waals surface area contributed by atoms with Crippen molar-refractivity contribution >= 4 is 11.7 Å². The number of hydrogen-bond donors (Lipinski definition) is 1. The zero-order valence-electron chi connectivity index (χ0n) is 14.1. The van der Waals surface area contributed by atoms with E-state index in [9.17, 15) is 4.79 Å². The van der Waals surface area contributed by atoms with Gasteiger partial charge in [-0.2, -0.15) is 5.10 Å². The van der Waals surface area contributed by atoms with Crippen LogP contribution in [0.4, 0.5) is 5.82 Å². The summed E-state index contributed by atoms with van der Waals surface area (Å²) in [5.41, 5.74) is 2.84. The van der Waals surface area contributed by atoms with E-state index in [0.717, 1.165) is 22.6 Å². The fourth-order valence-electron chi connectivity index (χ4n) is 3.24. The number of carbonyl (C=O) groups is 1. The van der Waals surface area contributed by atoms with Crippen LogP contribution in [0.15, 0.2) is 30.9 Å². The number of fused-ring (bicyclic) bond motifs is 1. The minimum absolute atomic E-state index is 0.0343. The van der Waals surface area contributed by atoms with Crippen molar-refractivity contribution in [3.63, 3.8) is 0 Å². The average molecular weight is 327 g/mol. The first-order valence-electron chi connectivity index (χ1n) is 7.80. The molecule has 1 aliphatic rings. The number of hydrogen-bond acceptors (Lipinski definition) is 4. The van der Waals surface area contributed by atoms with Gasteiger partial charge in [0.05, 0.1) is 12.8 Å². The Morgan fingerprint density at radius 2 is 2.29 bits per heavy atom. The number of methoxy groups -OCH3 is 1. The minimum atomic E-state index is -0.127. The predicted molar refractivity (Wildman–Crippen MR) is 91.7 cm³/mol. The highest BCUT2D eigenvalue weighted by molar-refractivity contribution is 5.94. The molecule has 6 nitrogen and oxygen atoms in total. The van der Waals surface area contributed by atoms with Crippen molar-refractivity contribution in [1.29, 1.82) is 0 Å². The van der Waals surface area contributed by atoms with E-state index in [4.69, 9.17) is 9.47 Å². The lowest BCUT2D eigenvalue weighted by Gasteiger charge is -2.26. The van der Waals surface area contributed by atoms with Crippen molar-refractivity contribution in [3.05, 3.63) is 47.7 Å². The van der Waals surface area contributed by atoms with Gasteiger partial charge in [0, 0.05) is 30.5 Å². The molecule has 0 bridgehead atoms. The summed E-state index contributed by atoms with van der Waals surface area (Å²) >= 11 is 0. The molecule has 2 heterocycles. The monoisotopic (exact) mass is 327 g/mol. The summed E-state index contributed by atoms with van der Waals surface area (Å²) < 4.78 is 13.0. The van der Waals surface area contributed by atoms with E-state index < -0.39 is 0 Å². The summed E-state index contributed by atoms with van der Waals surface area (Å²) in [7, 11) is 3.43. The Labute approximate surface area is 141 Å². The van der Waals surface area contributed by atoms with Gasteiger partial charge in [0.15, 0.2) is 11.5 Å². The summed E-state index contributed by atoms with van der Waals surface area (Å²) in [5, 5.41) is 7.36. The molecule has 6 heteroatoms. The number of amides is 1. The normalized spacial score (nSPS) is 16.3. The SMILES string of the molecule is C=CCOc1c(OC)cccc1[C@@H]1CC(=O)Nc2c1c(C)nn2C. The van der Waals surface area contributed by atoms with Gasteiger partial charge < -0.3 is 14.8 Å². The molecule has 1 aliphatic heterocycles. The van der Waals surface area contributed by atoms with Crippen LogP contribution >= 0.6 is 0 Å². The van der Waals surface area contributed by atoms with Crippen molar-refractivity contribution in [2.24, 2.45) is 7.05 Å². The summed E-state index contributed by atoms with van der Waals surface area (Å²) in [6.07, 6.45) is 2.03. The van der Waals surface area contributed by atoms with Crippen molar-refractivity contribution < 1.29 is 14.3 Å². The van der Waals surface area contributed by atoms with Gasteiger partial charge in [-0.3, -0.25) is 9.48 Å². The molecule has 24 heavy (non-hydrogen) atoms. The maximum Gasteiger partial charge on any atom is 0.226 e. The smallest absolute Gasteiger partial charge is 0.226 e. The topological polar surface area (TPSA) is 65.4 Å². The molecule has 0 spiro atoms. The summed E-state index contributed by atoms with van der Waals surface area (Å²) in [5.74, 6) is 1.87. The Hall–Kier alpha value is -2.76. The Kier molecular flexibility index (Phi) is 4.29. The minimum Gasteiger partial charge on any atom is -0.493 e. The molecular weight excluding hydrogens is 306 g/mol. The standard InChI is InChI=1S/C18H21N3O3/c1-5-9-24-17-12(7-6-8-14(17)23-4)13-10-15(22)19-18-16(13)11(2)20-21(18)3/h5-8,13H,1,9-10H2,2-4H3,(H,19,22)/t13-/m0/s1. The van der Waals surface area contributed by atoms with Crippen molar-refractivity contribution in [3.8, 4) is 11.5 Å². The first kappa shape index (κ1) is 16.1. The molecule has 126 valence electrons. The molecular formula is C18H21N3O3. The summed E-state index contributed by atoms with van der Waals surface area (Å²) in [6.45, 7) is 6.01. The van der Waals surface area contributed by atoms with E-state index in [2.05, 4.69) is 17.0 Å². The van der Waals surface area contributed by atoms with Crippen LogP contribution in [0.5, 0.6) is 11.5 Å². The second-order valence-corrected chi connectivity index (χ2v) is 5.75. The molecule has 0 fully saturated rings. The summed E-state index contributed by atoms with van der Waals surface area (Å²) in [4.78, 5) is 12.2. The number of benzene rings is 1. The van der Waals surface area contributed by atoms with Gasteiger partial charge in [0.1, 0.15) is 12.4 Å². The molecule has 0 radical (unpaired) electrons. The van der Waals surface area contributed by atoms with Crippen molar-refractivity contribution in [2.75, 3.05) is 19.0 Å². The van der Waals surface area contributed by atoms with Crippen molar-refractivity contribution in [2.45, 2.75) is 19.3 Å². The number of ether oxygens (including phenoxy) is 2. The van der Waals surface area contributed by atoms with E-state index in [1.54, 1.807) is 17.9 Å². The highest BCUT2D eigenvalue weighted by atomic mass is 16.5. The fourth-order valence-corrected chi connectivity index (χ4v) is 3.24. The van der Waals surface area contributed by atoms with Crippen LogP contribution in [0.25, 0.3) is 0 Å². The first-order valence-corrected chi connectivity index (χ1v) is 7.80. The van der Waals surface area contributed by atoms with Gasteiger partial charge in [-0.05, 0) is 13.0 Å². The second-order valence-electron chi connectivity index (χ2n) is 5.75. The highest BCUT2D eigenvalue weighted by Gasteiger charge is 2.33. The largest absolute Gasteiger partial charge is 0.493 e. The molecule has 2 aromatic rings. The highest BCUT2D eigenvalue weighted by Crippen LogP contribution is 2.45. The van der Waals surface area contributed by atoms with Crippen LogP contribution < -0.4 is 14.8 Å². The predicted octanol–water partition coefficient (Wildman–Crippen LogP) is 2.78. The van der Waals surface area contributed by atoms with Crippen LogP contribution in [0.3, 0.4) is 0 Å². The third-order valence-electron chi connectivity index (χ3n) is 4.21. The average Bonchev–Trinajstić information content (AvgIpc) is 2.86. The maximum absolute atomic E-state index is 12.2. The van der Waals surface area contributed by atoms with Gasteiger partial charge in [0.25, 0.3) is 0 Å². The zero-order valence-corrected chi connectivity index (χ0v) is 14.1. The molecule has 3 rings (SSSR count). The number of aromatic nitrogens is 2. The van der Waals surface area contributed by atoms with E-state index in [1.807, 2.05) is 32.2 Å². The first-order chi connectivity index (χ1) is 11.6. The van der Waals surface area contributed by atoms with E-state index in [0.29, 0.717) is 24.5 Å². The molecule has 1 atom stereocenters. The molecule has 1 amide bonds. The summed E-state index contributed by atoms with van der Waals surface area (Å²) in [6, 6.07) is 5.73. The second kappa shape index (κ2) is 6.39. The van der Waals surface area contributed by atoms with Crippen LogP contribution in [0.2, 0.25) is 0 Å². The maximum atomic E-state index is 12.2. The van der Waals surface area contributed by atoms with Gasteiger partial charge >= 0.3 is 0 Å². The Bertz CT molecular complexity index is 795. The molecule has 0 saturated heterocycles. The number of aryl methyl sites for hydroxylation is 2. The van der Waals surface area contributed by atoms with Gasteiger partial charge in [-0.1, -0.05) is 24.8 Å². The van der Waals surface area contributed by atoms with Crippen molar-refractivity contribution in [1.82, 2.24) is 9.78 Å². The zero-order chi connectivity index (χ0) is 17.3. The van der Waals surface area contributed by atoms with E-state index in [1.165, 1.54) is 0 Å². The Morgan fingerprint density at radius 3 is 3.00 bits per heavy atom. The number of anilines is 1. The van der Waals surface area contributed by atoms with E-state index >= 15 is 0 Å². The van der Waals surface area contributed by atoms with Crippen LogP contribution in [0, 0.1) is 6.92 Å². The molecule has 0 saturated carbocycles. The Morgan fingerprint density at radius 1 is 1.50 bits per heavy atom. The van der Waals surface area contributed by atoms with E-state index in [-0.39, 0.29) is 11.8 Å². The van der Waals surface area contributed by atoms with Crippen LogP contribution in [-0.2, 0) is 11.8 Å². The lowest BCUT2D eigenvalue weighted by molar-refractivity contribution is -0.116.